The monoisotopic (exact) mass is 766 g/mol. The summed E-state index contributed by atoms with van der Waals surface area (Å²) in [6.07, 6.45) is 0. The van der Waals surface area contributed by atoms with Crippen LogP contribution >= 0.6 is 0 Å². The van der Waals surface area contributed by atoms with Crippen LogP contribution in [0.2, 0.25) is 0 Å². The van der Waals surface area contributed by atoms with Crippen molar-refractivity contribution in [1.29, 1.82) is 0 Å². The van der Waals surface area contributed by atoms with Crippen LogP contribution in [-0.2, 0) is 5.41 Å². The average Bonchev–Trinajstić information content (AvgIpc) is 3.76. The molecule has 10 aromatic rings. The summed E-state index contributed by atoms with van der Waals surface area (Å²) in [5.74, 6) is 0.692. The van der Waals surface area contributed by atoms with Gasteiger partial charge in [-0.05, 0) is 104 Å². The van der Waals surface area contributed by atoms with Crippen molar-refractivity contribution < 1.29 is 0 Å². The van der Waals surface area contributed by atoms with Crippen LogP contribution in [0.3, 0.4) is 0 Å². The van der Waals surface area contributed by atoms with E-state index in [-0.39, 0.29) is 5.41 Å². The molecule has 0 bridgehead atoms. The molecule has 0 spiro atoms. The molecule has 282 valence electrons. The minimum absolute atomic E-state index is 0.290. The fraction of sp³-hybridized carbons (Fsp3) is 0.0536. The lowest BCUT2D eigenvalue weighted by Gasteiger charge is -2.23. The minimum atomic E-state index is -0.290. The van der Waals surface area contributed by atoms with E-state index in [9.17, 15) is 0 Å². The van der Waals surface area contributed by atoms with Crippen LogP contribution in [-0.4, -0.2) is 14.5 Å². The van der Waals surface area contributed by atoms with E-state index in [1.165, 1.54) is 33.4 Å². The molecule has 4 nitrogen and oxygen atoms in total. The fourth-order valence-electron chi connectivity index (χ4n) is 9.16. The van der Waals surface area contributed by atoms with Crippen molar-refractivity contribution in [3.63, 3.8) is 0 Å². The molecule has 0 radical (unpaired) electrons. The summed E-state index contributed by atoms with van der Waals surface area (Å²) in [6.45, 7) is 12.3. The van der Waals surface area contributed by atoms with Crippen molar-refractivity contribution in [2.75, 3.05) is 0 Å². The number of nitrogens with zero attached hydrogens (tertiary/aromatic N) is 4. The summed E-state index contributed by atoms with van der Waals surface area (Å²) >= 11 is 0. The molecule has 0 aliphatic heterocycles. The van der Waals surface area contributed by atoms with E-state index in [4.69, 9.17) is 16.5 Å². The van der Waals surface area contributed by atoms with E-state index in [0.29, 0.717) is 11.5 Å². The smallest absolute Gasteiger partial charge is 0.188 e. The zero-order chi connectivity index (χ0) is 40.4. The Morgan fingerprint density at radius 3 is 1.63 bits per heavy atom. The van der Waals surface area contributed by atoms with Gasteiger partial charge in [0.15, 0.2) is 11.5 Å². The molecule has 0 saturated heterocycles. The van der Waals surface area contributed by atoms with Gasteiger partial charge >= 0.3 is 0 Å². The van der Waals surface area contributed by atoms with Gasteiger partial charge in [-0.15, -0.1) is 0 Å². The SMILES string of the molecule is [C-]#[N+]c1ccc2c(c1)c1ccccc1n2-c1ccc2c(c1)C(C)(C)c1cc(-c3nc(-c4cccc(-c5ccccc5)c4)cc(-c4cccc(-c5ccccc5)c4)n3)ccc1-2. The molecule has 1 aliphatic carbocycles. The number of hydrogen-bond acceptors (Lipinski definition) is 2. The van der Waals surface area contributed by atoms with E-state index >= 15 is 0 Å². The Kier molecular flexibility index (Phi) is 8.18. The highest BCUT2D eigenvalue weighted by atomic mass is 15.0. The van der Waals surface area contributed by atoms with Gasteiger partial charge in [0.1, 0.15) is 0 Å². The molecule has 0 amide bonds. The van der Waals surface area contributed by atoms with Gasteiger partial charge < -0.3 is 4.57 Å². The standard InChI is InChI=1S/C56H38N4/c1-56(2)49-32-42(24-27-45(49)46-28-26-44(34-50(46)56)60-53-23-11-10-22-47(53)48-33-43(57-3)25-29-54(48)60)55-58-51(40-20-12-18-38(30-40)36-14-6-4-7-15-36)35-52(59-55)41-21-13-19-39(31-41)37-16-8-5-9-17-37/h4-35H,1-2H3. The summed E-state index contributed by atoms with van der Waals surface area (Å²) in [7, 11) is 0. The third-order valence-corrected chi connectivity index (χ3v) is 12.2. The Balaban J connectivity index is 1.04. The van der Waals surface area contributed by atoms with Crippen LogP contribution in [0.25, 0.3) is 99.6 Å². The normalized spacial score (nSPS) is 12.6. The lowest BCUT2D eigenvalue weighted by Crippen LogP contribution is -2.15. The summed E-state index contributed by atoms with van der Waals surface area (Å²) < 4.78 is 2.34. The molecular formula is C56H38N4. The van der Waals surface area contributed by atoms with Gasteiger partial charge in [-0.3, -0.25) is 0 Å². The first-order chi connectivity index (χ1) is 29.4. The molecule has 4 heteroatoms. The van der Waals surface area contributed by atoms with Crippen LogP contribution in [0.4, 0.5) is 5.69 Å². The molecule has 0 saturated carbocycles. The van der Waals surface area contributed by atoms with Crippen molar-refractivity contribution in [3.05, 3.63) is 217 Å². The molecule has 0 fully saturated rings. The van der Waals surface area contributed by atoms with E-state index in [0.717, 1.165) is 66.7 Å². The minimum Gasteiger partial charge on any atom is -0.309 e. The molecule has 60 heavy (non-hydrogen) atoms. The first-order valence-corrected chi connectivity index (χ1v) is 20.3. The van der Waals surface area contributed by atoms with Crippen molar-refractivity contribution in [2.24, 2.45) is 0 Å². The molecule has 0 N–H and O–H groups in total. The molecule has 11 rings (SSSR count). The molecule has 2 aromatic heterocycles. The molecule has 0 atom stereocenters. The van der Waals surface area contributed by atoms with Crippen molar-refractivity contribution in [1.82, 2.24) is 14.5 Å². The maximum absolute atomic E-state index is 7.64. The lowest BCUT2D eigenvalue weighted by molar-refractivity contribution is 0.660. The second kappa shape index (κ2) is 13.9. The van der Waals surface area contributed by atoms with E-state index in [1.807, 2.05) is 12.1 Å². The second-order valence-electron chi connectivity index (χ2n) is 16.1. The average molecular weight is 767 g/mol. The Morgan fingerprint density at radius 2 is 0.983 bits per heavy atom. The quantitative estimate of drug-likeness (QED) is 0.158. The van der Waals surface area contributed by atoms with E-state index in [2.05, 4.69) is 205 Å². The van der Waals surface area contributed by atoms with Crippen LogP contribution in [0.5, 0.6) is 0 Å². The Labute approximate surface area is 349 Å². The topological polar surface area (TPSA) is 35.1 Å². The van der Waals surface area contributed by atoms with Crippen LogP contribution in [0.15, 0.2) is 194 Å². The molecular weight excluding hydrogens is 729 g/mol. The predicted molar refractivity (Wildman–Crippen MR) is 247 cm³/mol. The molecule has 8 aromatic carbocycles. The van der Waals surface area contributed by atoms with E-state index in [1.54, 1.807) is 0 Å². The highest BCUT2D eigenvalue weighted by Gasteiger charge is 2.36. The highest BCUT2D eigenvalue weighted by Crippen LogP contribution is 2.51. The van der Waals surface area contributed by atoms with Crippen LogP contribution in [0.1, 0.15) is 25.0 Å². The number of rotatable bonds is 6. The summed E-state index contributed by atoms with van der Waals surface area (Å²) in [6, 6.07) is 68.5. The predicted octanol–water partition coefficient (Wildman–Crippen LogP) is 14.8. The number of benzene rings is 8. The van der Waals surface area contributed by atoms with Gasteiger partial charge in [0.25, 0.3) is 0 Å². The first kappa shape index (κ1) is 35.3. The third-order valence-electron chi connectivity index (χ3n) is 12.2. The Hall–Kier alpha value is -7.87. The van der Waals surface area contributed by atoms with Crippen molar-refractivity contribution in [3.8, 4) is 73.0 Å². The van der Waals surface area contributed by atoms with Crippen molar-refractivity contribution in [2.45, 2.75) is 19.3 Å². The third kappa shape index (κ3) is 5.82. The molecule has 1 aliphatic rings. The van der Waals surface area contributed by atoms with Gasteiger partial charge in [0.2, 0.25) is 0 Å². The van der Waals surface area contributed by atoms with Gasteiger partial charge in [-0.25, -0.2) is 14.8 Å². The molecule has 0 unspecified atom stereocenters. The summed E-state index contributed by atoms with van der Waals surface area (Å²) in [5, 5.41) is 2.23. The highest BCUT2D eigenvalue weighted by molar-refractivity contribution is 6.10. The molecule has 2 heterocycles. The zero-order valence-electron chi connectivity index (χ0n) is 33.3. The van der Waals surface area contributed by atoms with Gasteiger partial charge in [0.05, 0.1) is 29.0 Å². The fourth-order valence-corrected chi connectivity index (χ4v) is 9.16. The van der Waals surface area contributed by atoms with Crippen LogP contribution in [0, 0.1) is 6.57 Å². The number of aromatic nitrogens is 3. The largest absolute Gasteiger partial charge is 0.309 e. The number of fused-ring (bicyclic) bond motifs is 6. The first-order valence-electron chi connectivity index (χ1n) is 20.3. The van der Waals surface area contributed by atoms with Gasteiger partial charge in [-0.1, -0.05) is 153 Å². The van der Waals surface area contributed by atoms with Gasteiger partial charge in [0, 0.05) is 33.2 Å². The maximum Gasteiger partial charge on any atom is 0.188 e. The summed E-state index contributed by atoms with van der Waals surface area (Å²) in [5.41, 5.74) is 18.1. The maximum atomic E-state index is 7.64. The van der Waals surface area contributed by atoms with Gasteiger partial charge in [-0.2, -0.15) is 0 Å². The van der Waals surface area contributed by atoms with Crippen LogP contribution < -0.4 is 0 Å². The lowest BCUT2D eigenvalue weighted by atomic mass is 9.81. The Bertz CT molecular complexity index is 3250. The summed E-state index contributed by atoms with van der Waals surface area (Å²) in [4.78, 5) is 14.4. The number of para-hydroxylation sites is 1. The number of hydrogen-bond donors (Lipinski definition) is 0. The zero-order valence-corrected chi connectivity index (χ0v) is 33.3. The second-order valence-corrected chi connectivity index (χ2v) is 16.1. The van der Waals surface area contributed by atoms with E-state index < -0.39 is 0 Å². The Morgan fingerprint density at radius 1 is 0.433 bits per heavy atom. The van der Waals surface area contributed by atoms with Crippen molar-refractivity contribution >= 4 is 27.5 Å².